The molecule has 37 heavy (non-hydrogen) atoms. The van der Waals surface area contributed by atoms with E-state index in [0.717, 1.165) is 43.7 Å². The minimum atomic E-state index is -0.697. The first-order chi connectivity index (χ1) is 17.6. The molecule has 5 rings (SSSR count). The lowest BCUT2D eigenvalue weighted by molar-refractivity contribution is 0.0547. The van der Waals surface area contributed by atoms with Gasteiger partial charge in [0, 0.05) is 62.3 Å². The number of rotatable bonds is 5. The maximum atomic E-state index is 13.4. The summed E-state index contributed by atoms with van der Waals surface area (Å²) in [6, 6.07) is 11.2. The van der Waals surface area contributed by atoms with Crippen molar-refractivity contribution in [2.75, 3.05) is 39.3 Å². The number of hydrogen-bond donors (Lipinski definition) is 3. The number of aromatic nitrogens is 1. The SMILES string of the molecule is CC(C)(C)OC(=O)n1c(-c2ccc(O)c3c2C(=O)NC3)cc2cc(CN3CCN(CCO)CC3)ccc21. The number of piperazine rings is 1. The number of carbonyl (C=O) groups is 2. The number of ether oxygens (including phenoxy) is 1. The number of amides is 1. The number of phenolic OH excluding ortho intramolecular Hbond substituents is 1. The molecule has 3 heterocycles. The molecular weight excluding hydrogens is 472 g/mol. The van der Waals surface area contributed by atoms with Crippen molar-refractivity contribution in [1.82, 2.24) is 19.7 Å². The van der Waals surface area contributed by atoms with Crippen molar-refractivity contribution in [3.8, 4) is 17.0 Å². The third-order valence-corrected chi connectivity index (χ3v) is 6.95. The summed E-state index contributed by atoms with van der Waals surface area (Å²) in [4.78, 5) is 30.8. The Morgan fingerprint density at radius 1 is 1.05 bits per heavy atom. The first-order valence-electron chi connectivity index (χ1n) is 12.7. The average molecular weight is 507 g/mol. The van der Waals surface area contributed by atoms with Gasteiger partial charge in [0.05, 0.1) is 23.4 Å². The van der Waals surface area contributed by atoms with Crippen molar-refractivity contribution in [3.05, 3.63) is 53.1 Å². The van der Waals surface area contributed by atoms with Crippen molar-refractivity contribution in [2.24, 2.45) is 0 Å². The largest absolute Gasteiger partial charge is 0.508 e. The monoisotopic (exact) mass is 506 g/mol. The molecule has 196 valence electrons. The van der Waals surface area contributed by atoms with E-state index >= 15 is 0 Å². The van der Waals surface area contributed by atoms with Crippen LogP contribution in [0.3, 0.4) is 0 Å². The number of aliphatic hydroxyl groups excluding tert-OH is 1. The van der Waals surface area contributed by atoms with Crippen LogP contribution in [0.15, 0.2) is 36.4 Å². The summed E-state index contributed by atoms with van der Waals surface area (Å²) in [5.41, 5.74) is 3.17. The second-order valence-electron chi connectivity index (χ2n) is 10.7. The molecule has 1 saturated heterocycles. The van der Waals surface area contributed by atoms with E-state index in [1.54, 1.807) is 12.1 Å². The molecule has 0 saturated carbocycles. The highest BCUT2D eigenvalue weighted by Gasteiger charge is 2.30. The zero-order valence-electron chi connectivity index (χ0n) is 21.6. The molecule has 1 amide bonds. The molecule has 3 N–H and O–H groups in total. The summed E-state index contributed by atoms with van der Waals surface area (Å²) in [7, 11) is 0. The van der Waals surface area contributed by atoms with E-state index in [0.29, 0.717) is 34.4 Å². The highest BCUT2D eigenvalue weighted by atomic mass is 16.6. The third kappa shape index (κ3) is 5.07. The molecule has 0 bridgehead atoms. The van der Waals surface area contributed by atoms with Crippen LogP contribution in [0.4, 0.5) is 4.79 Å². The van der Waals surface area contributed by atoms with Crippen LogP contribution in [-0.2, 0) is 17.8 Å². The summed E-state index contributed by atoms with van der Waals surface area (Å²) in [6.45, 7) is 11.1. The molecule has 0 spiro atoms. The topological polar surface area (TPSA) is 107 Å². The molecule has 2 aliphatic heterocycles. The minimum absolute atomic E-state index is 0.0541. The van der Waals surface area contributed by atoms with Crippen molar-refractivity contribution in [3.63, 3.8) is 0 Å². The highest BCUT2D eigenvalue weighted by Crippen LogP contribution is 2.37. The molecule has 0 atom stereocenters. The molecule has 9 heteroatoms. The van der Waals surface area contributed by atoms with Crippen molar-refractivity contribution < 1.29 is 24.5 Å². The second-order valence-corrected chi connectivity index (χ2v) is 10.7. The van der Waals surface area contributed by atoms with E-state index in [1.807, 2.05) is 39.0 Å². The van der Waals surface area contributed by atoms with Crippen molar-refractivity contribution in [1.29, 1.82) is 0 Å². The Balaban J connectivity index is 1.54. The van der Waals surface area contributed by atoms with Gasteiger partial charge in [0.2, 0.25) is 0 Å². The van der Waals surface area contributed by atoms with Crippen LogP contribution in [-0.4, -0.2) is 81.5 Å². The van der Waals surface area contributed by atoms with Gasteiger partial charge in [-0.3, -0.25) is 14.6 Å². The number of aliphatic hydroxyl groups is 1. The maximum Gasteiger partial charge on any atom is 0.419 e. The molecule has 3 aromatic rings. The number of phenols is 1. The molecule has 0 unspecified atom stereocenters. The molecule has 9 nitrogen and oxygen atoms in total. The van der Waals surface area contributed by atoms with Gasteiger partial charge in [0.25, 0.3) is 5.91 Å². The lowest BCUT2D eigenvalue weighted by atomic mass is 9.99. The van der Waals surface area contributed by atoms with E-state index in [9.17, 15) is 19.8 Å². The number of fused-ring (bicyclic) bond motifs is 2. The average Bonchev–Trinajstić information content (AvgIpc) is 3.41. The van der Waals surface area contributed by atoms with Crippen LogP contribution < -0.4 is 5.32 Å². The van der Waals surface area contributed by atoms with Crippen LogP contribution in [0.1, 0.15) is 42.3 Å². The summed E-state index contributed by atoms with van der Waals surface area (Å²) < 4.78 is 7.27. The van der Waals surface area contributed by atoms with E-state index in [1.165, 1.54) is 4.57 Å². The van der Waals surface area contributed by atoms with Gasteiger partial charge in [-0.2, -0.15) is 0 Å². The fourth-order valence-corrected chi connectivity index (χ4v) is 5.18. The maximum absolute atomic E-state index is 13.4. The zero-order chi connectivity index (χ0) is 26.3. The molecular formula is C28H34N4O5. The number of β-amino-alcohol motifs (C(OH)–C–C–N with tert-alkyl or cyclic N) is 1. The standard InChI is InChI=1S/C28H34N4O5/c1-28(2,3)37-27(36)32-22-6-4-18(17-31-10-8-30(9-11-31)12-13-33)14-19(22)15-23(32)20-5-7-24(34)21-16-29-26(35)25(20)21/h4-7,14-15,33-34H,8-13,16-17H2,1-3H3,(H,29,35). The summed E-state index contributed by atoms with van der Waals surface area (Å²) in [6.07, 6.45) is -0.523. The molecule has 0 aliphatic carbocycles. The van der Waals surface area contributed by atoms with Crippen LogP contribution >= 0.6 is 0 Å². The Labute approximate surface area is 216 Å². The molecule has 1 aromatic heterocycles. The number of aromatic hydroxyl groups is 1. The fourth-order valence-electron chi connectivity index (χ4n) is 5.18. The summed E-state index contributed by atoms with van der Waals surface area (Å²) in [5.74, 6) is -0.221. The van der Waals surface area contributed by atoms with Gasteiger partial charge in [-0.15, -0.1) is 0 Å². The zero-order valence-corrected chi connectivity index (χ0v) is 21.6. The predicted molar refractivity (Wildman–Crippen MR) is 141 cm³/mol. The van der Waals surface area contributed by atoms with Gasteiger partial charge >= 0.3 is 6.09 Å². The van der Waals surface area contributed by atoms with Crippen molar-refractivity contribution >= 4 is 22.9 Å². The minimum Gasteiger partial charge on any atom is -0.508 e. The lowest BCUT2D eigenvalue weighted by Crippen LogP contribution is -2.46. The molecule has 2 aromatic carbocycles. The quantitative estimate of drug-likeness (QED) is 0.488. The van der Waals surface area contributed by atoms with Gasteiger partial charge < -0.3 is 20.3 Å². The number of benzene rings is 2. The Morgan fingerprint density at radius 2 is 1.78 bits per heavy atom. The normalized spacial score (nSPS) is 16.7. The van der Waals surface area contributed by atoms with Gasteiger partial charge in [-0.05, 0) is 56.7 Å². The first-order valence-corrected chi connectivity index (χ1v) is 12.7. The van der Waals surface area contributed by atoms with Crippen molar-refractivity contribution in [2.45, 2.75) is 39.5 Å². The van der Waals surface area contributed by atoms with E-state index in [4.69, 9.17) is 4.74 Å². The Morgan fingerprint density at radius 3 is 2.49 bits per heavy atom. The fraction of sp³-hybridized carbons (Fsp3) is 0.429. The lowest BCUT2D eigenvalue weighted by Gasteiger charge is -2.34. The number of nitrogens with one attached hydrogen (secondary N) is 1. The first kappa shape index (κ1) is 25.3. The van der Waals surface area contributed by atoms with Gasteiger partial charge in [0.1, 0.15) is 11.4 Å². The van der Waals surface area contributed by atoms with Gasteiger partial charge in [0.15, 0.2) is 0 Å². The second kappa shape index (κ2) is 9.81. The van der Waals surface area contributed by atoms with Crippen LogP contribution in [0.25, 0.3) is 22.2 Å². The van der Waals surface area contributed by atoms with E-state index < -0.39 is 11.7 Å². The molecule has 0 radical (unpaired) electrons. The van der Waals surface area contributed by atoms with Crippen LogP contribution in [0.2, 0.25) is 0 Å². The number of hydrogen-bond acceptors (Lipinski definition) is 7. The van der Waals surface area contributed by atoms with E-state index in [2.05, 4.69) is 21.2 Å². The summed E-state index contributed by atoms with van der Waals surface area (Å²) in [5, 5.41) is 23.2. The van der Waals surface area contributed by atoms with Crippen LogP contribution in [0, 0.1) is 0 Å². The predicted octanol–water partition coefficient (Wildman–Crippen LogP) is 3.15. The molecule has 1 fully saturated rings. The summed E-state index contributed by atoms with van der Waals surface area (Å²) >= 11 is 0. The molecule has 2 aliphatic rings. The smallest absolute Gasteiger partial charge is 0.419 e. The van der Waals surface area contributed by atoms with Gasteiger partial charge in [-0.25, -0.2) is 9.36 Å². The van der Waals surface area contributed by atoms with Crippen LogP contribution in [0.5, 0.6) is 5.75 Å². The number of nitrogens with zero attached hydrogens (tertiary/aromatic N) is 3. The highest BCUT2D eigenvalue weighted by molar-refractivity contribution is 6.07. The Kier molecular flexibility index (Phi) is 6.70. The Bertz CT molecular complexity index is 1350. The third-order valence-electron chi connectivity index (χ3n) is 6.95. The Hall–Kier alpha value is -3.40. The van der Waals surface area contributed by atoms with E-state index in [-0.39, 0.29) is 24.8 Å². The number of carbonyl (C=O) groups excluding carboxylic acids is 2. The van der Waals surface area contributed by atoms with Gasteiger partial charge in [-0.1, -0.05) is 6.07 Å².